The standard InChI is InChI=1S/C46H34N2SSi/c1-31(2)33-19-23-44-40(27-33)39-26-32(30-47)18-22-43(39)48(44)34-20-24-45-41(28-34)42-29-38(21-25-46(42)49-45)50(35-12-6-3-7-13-35,36-14-8-4-9-15-36)37-16-10-5-11-17-37/h3-29,31H,1-2H3. The molecule has 0 saturated carbocycles. The van der Waals surface area contributed by atoms with Crippen molar-refractivity contribution in [3.8, 4) is 11.8 Å². The third kappa shape index (κ3) is 4.66. The molecule has 50 heavy (non-hydrogen) atoms. The Morgan fingerprint density at radius 2 is 1.06 bits per heavy atom. The molecule has 7 aromatic carbocycles. The first-order valence-electron chi connectivity index (χ1n) is 17.2. The van der Waals surface area contributed by atoms with Gasteiger partial charge in [-0.15, -0.1) is 11.3 Å². The van der Waals surface area contributed by atoms with Gasteiger partial charge >= 0.3 is 0 Å². The van der Waals surface area contributed by atoms with Crippen molar-refractivity contribution in [2.75, 3.05) is 0 Å². The van der Waals surface area contributed by atoms with Crippen LogP contribution in [0.2, 0.25) is 0 Å². The molecule has 0 atom stereocenters. The maximum Gasteiger partial charge on any atom is 0.179 e. The van der Waals surface area contributed by atoms with Gasteiger partial charge in [0.1, 0.15) is 0 Å². The second kappa shape index (κ2) is 12.0. The summed E-state index contributed by atoms with van der Waals surface area (Å²) in [6, 6.07) is 62.8. The van der Waals surface area contributed by atoms with Crippen molar-refractivity contribution in [2.24, 2.45) is 0 Å². The number of fused-ring (bicyclic) bond motifs is 6. The van der Waals surface area contributed by atoms with E-state index in [0.717, 1.165) is 22.1 Å². The Kier molecular flexibility index (Phi) is 7.28. The Morgan fingerprint density at radius 3 is 1.64 bits per heavy atom. The van der Waals surface area contributed by atoms with Gasteiger partial charge in [-0.2, -0.15) is 5.26 Å². The average molecular weight is 675 g/mol. The van der Waals surface area contributed by atoms with Crippen LogP contribution in [-0.2, 0) is 0 Å². The first-order valence-corrected chi connectivity index (χ1v) is 20.0. The molecular weight excluding hydrogens is 641 g/mol. The smallest absolute Gasteiger partial charge is 0.179 e. The Bertz CT molecular complexity index is 2640. The van der Waals surface area contributed by atoms with Gasteiger partial charge in [0.25, 0.3) is 0 Å². The third-order valence-corrected chi connectivity index (χ3v) is 16.3. The normalized spacial score (nSPS) is 12.0. The molecule has 0 N–H and O–H groups in total. The summed E-state index contributed by atoms with van der Waals surface area (Å²) in [5, 5.41) is 20.1. The van der Waals surface area contributed by atoms with Crippen molar-refractivity contribution in [3.05, 3.63) is 175 Å². The minimum atomic E-state index is -2.67. The van der Waals surface area contributed by atoms with E-state index < -0.39 is 8.07 Å². The van der Waals surface area contributed by atoms with Crippen LogP contribution < -0.4 is 20.7 Å². The van der Waals surface area contributed by atoms with Crippen LogP contribution in [0.3, 0.4) is 0 Å². The number of hydrogen-bond donors (Lipinski definition) is 0. The van der Waals surface area contributed by atoms with E-state index in [2.05, 4.69) is 176 Å². The molecule has 0 aliphatic rings. The van der Waals surface area contributed by atoms with Gasteiger partial charge in [0.05, 0.1) is 22.7 Å². The largest absolute Gasteiger partial charge is 0.309 e. The van der Waals surface area contributed by atoms with Crippen molar-refractivity contribution < 1.29 is 0 Å². The predicted octanol–water partition coefficient (Wildman–Crippen LogP) is 9.52. The number of hydrogen-bond acceptors (Lipinski definition) is 2. The molecule has 0 fully saturated rings. The summed E-state index contributed by atoms with van der Waals surface area (Å²) in [6.45, 7) is 4.46. The number of thiophene rings is 1. The second-order valence-electron chi connectivity index (χ2n) is 13.5. The first kappa shape index (κ1) is 30.3. The fraction of sp³-hybridized carbons (Fsp3) is 0.0652. The summed E-state index contributed by atoms with van der Waals surface area (Å²) < 4.78 is 4.95. The third-order valence-electron chi connectivity index (χ3n) is 10.3. The minimum Gasteiger partial charge on any atom is -0.309 e. The zero-order chi connectivity index (χ0) is 33.8. The molecule has 0 bridgehead atoms. The Morgan fingerprint density at radius 1 is 0.520 bits per heavy atom. The molecule has 0 unspecified atom stereocenters. The van der Waals surface area contributed by atoms with Crippen LogP contribution in [0, 0.1) is 11.3 Å². The molecule has 0 amide bonds. The van der Waals surface area contributed by atoms with Gasteiger partial charge in [-0.25, -0.2) is 0 Å². The number of rotatable bonds is 6. The van der Waals surface area contributed by atoms with Crippen LogP contribution >= 0.6 is 11.3 Å². The van der Waals surface area contributed by atoms with E-state index in [1.165, 1.54) is 51.9 Å². The molecule has 2 heterocycles. The maximum atomic E-state index is 9.78. The van der Waals surface area contributed by atoms with Gasteiger partial charge in [0.15, 0.2) is 8.07 Å². The molecule has 0 radical (unpaired) electrons. The Hall–Kier alpha value is -5.73. The number of benzene rings is 7. The number of aromatic nitrogens is 1. The van der Waals surface area contributed by atoms with Crippen LogP contribution in [0.4, 0.5) is 0 Å². The van der Waals surface area contributed by atoms with Crippen molar-refractivity contribution in [2.45, 2.75) is 19.8 Å². The van der Waals surface area contributed by atoms with Gasteiger partial charge in [0, 0.05) is 36.6 Å². The van der Waals surface area contributed by atoms with Gasteiger partial charge < -0.3 is 4.57 Å². The van der Waals surface area contributed by atoms with Crippen molar-refractivity contribution in [1.29, 1.82) is 5.26 Å². The van der Waals surface area contributed by atoms with E-state index in [9.17, 15) is 5.26 Å². The molecule has 238 valence electrons. The lowest BCUT2D eigenvalue weighted by atomic mass is 10.0. The van der Waals surface area contributed by atoms with Crippen LogP contribution in [0.1, 0.15) is 30.9 Å². The van der Waals surface area contributed by atoms with Crippen molar-refractivity contribution >= 4 is 82.1 Å². The number of nitriles is 1. The van der Waals surface area contributed by atoms with Crippen LogP contribution in [-0.4, -0.2) is 12.6 Å². The highest BCUT2D eigenvalue weighted by Gasteiger charge is 2.41. The molecule has 0 spiro atoms. The predicted molar refractivity (Wildman–Crippen MR) is 216 cm³/mol. The molecule has 4 heteroatoms. The molecule has 2 aromatic heterocycles. The lowest BCUT2D eigenvalue weighted by molar-refractivity contribution is 0.868. The Balaban J connectivity index is 1.32. The zero-order valence-electron chi connectivity index (χ0n) is 28.0. The van der Waals surface area contributed by atoms with Gasteiger partial charge in [-0.3, -0.25) is 0 Å². The highest BCUT2D eigenvalue weighted by Crippen LogP contribution is 2.38. The summed E-state index contributed by atoms with van der Waals surface area (Å²) >= 11 is 1.86. The van der Waals surface area contributed by atoms with E-state index in [1.807, 2.05) is 23.5 Å². The van der Waals surface area contributed by atoms with Crippen LogP contribution in [0.25, 0.3) is 47.7 Å². The lowest BCUT2D eigenvalue weighted by Gasteiger charge is -2.34. The Labute approximate surface area is 297 Å². The monoisotopic (exact) mass is 674 g/mol. The zero-order valence-corrected chi connectivity index (χ0v) is 29.8. The summed E-state index contributed by atoms with van der Waals surface area (Å²) in [5.74, 6) is 0.415. The molecule has 9 rings (SSSR count). The van der Waals surface area contributed by atoms with E-state index >= 15 is 0 Å². The molecule has 2 nitrogen and oxygen atoms in total. The molecule has 0 saturated heterocycles. The summed E-state index contributed by atoms with van der Waals surface area (Å²) in [4.78, 5) is 0. The second-order valence-corrected chi connectivity index (χ2v) is 18.3. The summed E-state index contributed by atoms with van der Waals surface area (Å²) in [6.07, 6.45) is 0. The van der Waals surface area contributed by atoms with Crippen LogP contribution in [0.5, 0.6) is 0 Å². The summed E-state index contributed by atoms with van der Waals surface area (Å²) in [7, 11) is -2.67. The van der Waals surface area contributed by atoms with E-state index in [-0.39, 0.29) is 0 Å². The fourth-order valence-corrected chi connectivity index (χ4v) is 13.8. The number of nitrogens with zero attached hydrogens (tertiary/aromatic N) is 2. The summed E-state index contributed by atoms with van der Waals surface area (Å²) in [5.41, 5.74) is 5.38. The van der Waals surface area contributed by atoms with E-state index in [4.69, 9.17) is 0 Å². The fourth-order valence-electron chi connectivity index (χ4n) is 7.95. The quantitative estimate of drug-likeness (QED) is 0.128. The lowest BCUT2D eigenvalue weighted by Crippen LogP contribution is -2.74. The van der Waals surface area contributed by atoms with Gasteiger partial charge in [-0.05, 0) is 86.8 Å². The van der Waals surface area contributed by atoms with Crippen molar-refractivity contribution in [1.82, 2.24) is 4.57 Å². The van der Waals surface area contributed by atoms with Gasteiger partial charge in [0.2, 0.25) is 0 Å². The SMILES string of the molecule is CC(C)c1ccc2c(c1)c1cc(C#N)ccc1n2-c1ccc2sc3ccc([Si](c4ccccc4)(c4ccccc4)c4ccccc4)cc3c2c1. The van der Waals surface area contributed by atoms with E-state index in [1.54, 1.807) is 0 Å². The highest BCUT2D eigenvalue weighted by atomic mass is 32.1. The van der Waals surface area contributed by atoms with Crippen LogP contribution in [0.15, 0.2) is 164 Å². The van der Waals surface area contributed by atoms with E-state index in [0.29, 0.717) is 11.5 Å². The maximum absolute atomic E-state index is 9.78. The molecule has 0 aliphatic carbocycles. The topological polar surface area (TPSA) is 28.7 Å². The molecular formula is C46H34N2SSi. The van der Waals surface area contributed by atoms with Crippen molar-refractivity contribution in [3.63, 3.8) is 0 Å². The highest BCUT2D eigenvalue weighted by molar-refractivity contribution is 7.26. The molecule has 0 aliphatic heterocycles. The minimum absolute atomic E-state index is 0.415. The average Bonchev–Trinajstić information content (AvgIpc) is 3.70. The molecule has 9 aromatic rings. The van der Waals surface area contributed by atoms with Gasteiger partial charge in [-0.1, -0.05) is 123 Å². The first-order chi connectivity index (χ1) is 24.6.